The number of hydrogen-bond donors (Lipinski definition) is 5. The zero-order valence-corrected chi connectivity index (χ0v) is 28.0. The number of carboxylic acid groups (broad SMARTS) is 3. The van der Waals surface area contributed by atoms with Crippen molar-refractivity contribution in [3.8, 4) is 0 Å². The first-order valence-electron chi connectivity index (χ1n) is 16.7. The Hall–Kier alpha value is -3.36. The van der Waals surface area contributed by atoms with Gasteiger partial charge >= 0.3 is 23.9 Å². The molecular formula is C35H50O13. The van der Waals surface area contributed by atoms with E-state index in [1.54, 1.807) is 0 Å². The summed E-state index contributed by atoms with van der Waals surface area (Å²) in [7, 11) is 0. The monoisotopic (exact) mass is 678 g/mol. The molecule has 2 aliphatic heterocycles. The van der Waals surface area contributed by atoms with Gasteiger partial charge in [-0.2, -0.15) is 0 Å². The van der Waals surface area contributed by atoms with Crippen LogP contribution >= 0.6 is 0 Å². The van der Waals surface area contributed by atoms with Gasteiger partial charge in [0.15, 0.2) is 5.79 Å². The molecule has 5 N–H and O–H groups in total. The van der Waals surface area contributed by atoms with Gasteiger partial charge in [-0.3, -0.25) is 4.79 Å². The van der Waals surface area contributed by atoms with Crippen LogP contribution in [0, 0.1) is 5.92 Å². The molecule has 2 saturated heterocycles. The summed E-state index contributed by atoms with van der Waals surface area (Å²) in [5.41, 5.74) is -5.66. The number of rotatable bonds is 21. The lowest BCUT2D eigenvalue weighted by Crippen LogP contribution is -2.78. The van der Waals surface area contributed by atoms with Crippen LogP contribution in [0.3, 0.4) is 0 Å². The number of aliphatic hydroxyl groups is 2. The number of fused-ring (bicyclic) bond motifs is 2. The van der Waals surface area contributed by atoms with Gasteiger partial charge in [-0.25, -0.2) is 14.4 Å². The molecule has 0 saturated carbocycles. The Balaban J connectivity index is 1.88. The summed E-state index contributed by atoms with van der Waals surface area (Å²) >= 11 is 0. The summed E-state index contributed by atoms with van der Waals surface area (Å²) in [6.07, 6.45) is -0.175. The van der Waals surface area contributed by atoms with E-state index in [0.29, 0.717) is 24.8 Å². The maximum Gasteiger partial charge on any atom is 0.343 e. The van der Waals surface area contributed by atoms with Gasteiger partial charge in [-0.15, -0.1) is 0 Å². The molecule has 0 unspecified atom stereocenters. The Morgan fingerprint density at radius 1 is 0.958 bits per heavy atom. The van der Waals surface area contributed by atoms with E-state index in [1.165, 1.54) is 6.92 Å². The molecular weight excluding hydrogens is 628 g/mol. The Kier molecular flexibility index (Phi) is 13.7. The minimum Gasteiger partial charge on any atom is -0.479 e. The van der Waals surface area contributed by atoms with Crippen LogP contribution in [0.15, 0.2) is 42.5 Å². The highest BCUT2D eigenvalue weighted by Gasteiger charge is 2.85. The average Bonchev–Trinajstić information content (AvgIpc) is 3.25. The zero-order chi connectivity index (χ0) is 35.7. The smallest absolute Gasteiger partial charge is 0.343 e. The number of carbonyl (C=O) groups is 4. The van der Waals surface area contributed by atoms with E-state index in [2.05, 4.69) is 13.5 Å². The Bertz CT molecular complexity index is 1280. The summed E-state index contributed by atoms with van der Waals surface area (Å²) in [4.78, 5) is 49.9. The van der Waals surface area contributed by atoms with E-state index >= 15 is 0 Å². The maximum atomic E-state index is 12.9. The van der Waals surface area contributed by atoms with Crippen molar-refractivity contribution in [2.24, 2.45) is 5.92 Å². The summed E-state index contributed by atoms with van der Waals surface area (Å²) in [6, 6.07) is 9.43. The number of benzene rings is 1. The third kappa shape index (κ3) is 8.08. The van der Waals surface area contributed by atoms with Crippen LogP contribution in [-0.4, -0.2) is 97.4 Å². The fraction of sp³-hybridized carbons (Fsp3) is 0.657. The first-order valence-corrected chi connectivity index (χ1v) is 16.7. The Labute approximate surface area is 280 Å². The minimum absolute atomic E-state index is 0.128. The van der Waals surface area contributed by atoms with Crippen molar-refractivity contribution in [1.82, 2.24) is 0 Å². The van der Waals surface area contributed by atoms with Crippen molar-refractivity contribution < 1.29 is 63.7 Å². The lowest BCUT2D eigenvalue weighted by molar-refractivity contribution is -0.374. The lowest BCUT2D eigenvalue weighted by Gasteiger charge is -2.49. The molecule has 48 heavy (non-hydrogen) atoms. The molecule has 2 aliphatic rings. The van der Waals surface area contributed by atoms with Gasteiger partial charge in [0, 0.05) is 25.9 Å². The highest BCUT2D eigenvalue weighted by atomic mass is 16.8. The first-order chi connectivity index (χ1) is 22.7. The SMILES string of the molecule is C=C(CC[C@]12O[C@H](C(=O)O)[C@@](O)(C(=O)O)[C@](C(=O)O)(O1)[C@H](OCCCCCCCCCC)[C@H]2O)[C@@H](OC(C)=O)[C@H](C)Cc1ccccc1. The molecule has 2 fully saturated rings. The number of carbonyl (C=O) groups excluding carboxylic acids is 1. The second kappa shape index (κ2) is 16.8. The van der Waals surface area contributed by atoms with E-state index in [1.807, 2.05) is 37.3 Å². The van der Waals surface area contributed by atoms with Gasteiger partial charge in [0.2, 0.25) is 17.3 Å². The number of hydrogen-bond acceptors (Lipinski definition) is 10. The first kappa shape index (κ1) is 39.1. The van der Waals surface area contributed by atoms with E-state index in [0.717, 1.165) is 44.1 Å². The second-order valence-corrected chi connectivity index (χ2v) is 12.9. The third-order valence-electron chi connectivity index (χ3n) is 9.31. The van der Waals surface area contributed by atoms with E-state index in [-0.39, 0.29) is 18.9 Å². The molecule has 0 amide bonds. The number of ether oxygens (including phenoxy) is 4. The predicted molar refractivity (Wildman–Crippen MR) is 171 cm³/mol. The molecule has 13 heteroatoms. The number of carboxylic acids is 3. The lowest BCUT2D eigenvalue weighted by atomic mass is 9.74. The van der Waals surface area contributed by atoms with E-state index in [4.69, 9.17) is 18.9 Å². The van der Waals surface area contributed by atoms with Gasteiger partial charge in [-0.05, 0) is 30.4 Å². The molecule has 0 spiro atoms. The maximum absolute atomic E-state index is 12.9. The zero-order valence-electron chi connectivity index (χ0n) is 28.0. The standard InChI is InChI=1S/C35H50O13/c1-5-6-7-8-9-10-11-15-20-45-28-27(37)33(47-29(30(38)39)34(44,31(40)41)35(28,48-33)32(42)43)19-18-22(2)26(46-24(4)36)23(3)21-25-16-13-12-14-17-25/h12-14,16-17,23,26-29,37,44H,2,5-11,15,18-21H2,1,3-4H3,(H,38,39)(H,40,41)(H,42,43)/t23-,26-,27-,28-,29-,33+,34-,35+/m1/s1. The molecule has 0 aliphatic carbocycles. The number of aliphatic hydroxyl groups excluding tert-OH is 1. The van der Waals surface area contributed by atoms with Gasteiger partial charge < -0.3 is 44.5 Å². The van der Waals surface area contributed by atoms with Crippen molar-refractivity contribution in [3.05, 3.63) is 48.0 Å². The van der Waals surface area contributed by atoms with Crippen LogP contribution in [0.25, 0.3) is 0 Å². The Morgan fingerprint density at radius 2 is 1.56 bits per heavy atom. The number of aliphatic carboxylic acids is 3. The molecule has 1 aromatic carbocycles. The van der Waals surface area contributed by atoms with Crippen molar-refractivity contribution in [3.63, 3.8) is 0 Å². The van der Waals surface area contributed by atoms with Crippen LogP contribution in [0.4, 0.5) is 0 Å². The number of unbranched alkanes of at least 4 members (excludes halogenated alkanes) is 7. The summed E-state index contributed by atoms with van der Waals surface area (Å²) in [6.45, 7) is 9.15. The van der Waals surface area contributed by atoms with Crippen LogP contribution in [0.1, 0.15) is 90.5 Å². The molecule has 3 rings (SSSR count). The molecule has 0 radical (unpaired) electrons. The van der Waals surface area contributed by atoms with Crippen molar-refractivity contribution >= 4 is 23.9 Å². The topological polar surface area (TPSA) is 206 Å². The Morgan fingerprint density at radius 3 is 2.10 bits per heavy atom. The predicted octanol–water partition coefficient (Wildman–Crippen LogP) is 3.87. The highest BCUT2D eigenvalue weighted by Crippen LogP contribution is 2.55. The molecule has 13 nitrogen and oxygen atoms in total. The van der Waals surface area contributed by atoms with Crippen molar-refractivity contribution in [1.29, 1.82) is 0 Å². The summed E-state index contributed by atoms with van der Waals surface area (Å²) in [5, 5.41) is 53.6. The van der Waals surface area contributed by atoms with Crippen LogP contribution in [0.5, 0.6) is 0 Å². The van der Waals surface area contributed by atoms with E-state index < -0.39 is 71.7 Å². The van der Waals surface area contributed by atoms with Crippen molar-refractivity contribution in [2.45, 2.75) is 133 Å². The highest BCUT2D eigenvalue weighted by molar-refractivity contribution is 5.97. The molecule has 0 aromatic heterocycles. The van der Waals surface area contributed by atoms with Crippen molar-refractivity contribution in [2.75, 3.05) is 6.61 Å². The van der Waals surface area contributed by atoms with Gasteiger partial charge in [-0.1, -0.05) is 95.7 Å². The molecule has 8 atom stereocenters. The second-order valence-electron chi connectivity index (χ2n) is 12.9. The quantitative estimate of drug-likeness (QED) is 0.0712. The average molecular weight is 679 g/mol. The van der Waals surface area contributed by atoms with Gasteiger partial charge in [0.05, 0.1) is 0 Å². The van der Waals surface area contributed by atoms with Crippen LogP contribution in [0.2, 0.25) is 0 Å². The minimum atomic E-state index is -3.70. The number of esters is 1. The van der Waals surface area contributed by atoms with Gasteiger partial charge in [0.25, 0.3) is 0 Å². The third-order valence-corrected chi connectivity index (χ3v) is 9.31. The normalized spacial score (nSPS) is 29.1. The summed E-state index contributed by atoms with van der Waals surface area (Å²) < 4.78 is 22.8. The fourth-order valence-corrected chi connectivity index (χ4v) is 6.80. The van der Waals surface area contributed by atoms with Gasteiger partial charge in [0.1, 0.15) is 18.3 Å². The molecule has 268 valence electrons. The molecule has 1 aromatic rings. The molecule has 2 bridgehead atoms. The molecule has 2 heterocycles. The van der Waals surface area contributed by atoms with Crippen LogP contribution < -0.4 is 0 Å². The van der Waals surface area contributed by atoms with Crippen LogP contribution in [-0.2, 0) is 44.5 Å². The fourth-order valence-electron chi connectivity index (χ4n) is 6.80. The largest absolute Gasteiger partial charge is 0.479 e. The summed E-state index contributed by atoms with van der Waals surface area (Å²) in [5.74, 6) is -9.58. The van der Waals surface area contributed by atoms with E-state index in [9.17, 15) is 44.7 Å².